The van der Waals surface area contributed by atoms with E-state index < -0.39 is 0 Å². The standard InChI is InChI=1S/C12H16N2/c1-2-5-11-10(4-1)12(6-7-13-11)14-8-3-9-14/h1-2,4-5,12-13H,3,6-9H2. The van der Waals surface area contributed by atoms with Gasteiger partial charge in [-0.2, -0.15) is 0 Å². The minimum Gasteiger partial charge on any atom is -0.385 e. The van der Waals surface area contributed by atoms with Crippen molar-refractivity contribution in [2.45, 2.75) is 18.9 Å². The third-order valence-corrected chi connectivity index (χ3v) is 3.38. The lowest BCUT2D eigenvalue weighted by atomic mass is 9.94. The molecule has 14 heavy (non-hydrogen) atoms. The summed E-state index contributed by atoms with van der Waals surface area (Å²) in [5, 5.41) is 3.47. The molecule has 0 aliphatic carbocycles. The molecule has 2 heteroatoms. The van der Waals surface area contributed by atoms with Crippen LogP contribution in [-0.4, -0.2) is 24.5 Å². The number of likely N-dealkylation sites (tertiary alicyclic amines) is 1. The highest BCUT2D eigenvalue weighted by Crippen LogP contribution is 2.35. The Labute approximate surface area is 84.9 Å². The van der Waals surface area contributed by atoms with E-state index in [2.05, 4.69) is 34.5 Å². The summed E-state index contributed by atoms with van der Waals surface area (Å²) in [5.74, 6) is 0. The van der Waals surface area contributed by atoms with Crippen molar-refractivity contribution in [3.05, 3.63) is 29.8 Å². The molecule has 0 spiro atoms. The van der Waals surface area contributed by atoms with E-state index in [0.29, 0.717) is 6.04 Å². The minimum absolute atomic E-state index is 0.682. The molecule has 1 aromatic rings. The monoisotopic (exact) mass is 188 g/mol. The summed E-state index contributed by atoms with van der Waals surface area (Å²) in [5.41, 5.74) is 2.84. The van der Waals surface area contributed by atoms with E-state index in [1.54, 1.807) is 0 Å². The fourth-order valence-corrected chi connectivity index (χ4v) is 2.48. The first kappa shape index (κ1) is 8.30. The predicted octanol–water partition coefficient (Wildman–Crippen LogP) is 2.25. The van der Waals surface area contributed by atoms with Crippen molar-refractivity contribution in [3.8, 4) is 0 Å². The topological polar surface area (TPSA) is 15.3 Å². The van der Waals surface area contributed by atoms with E-state index in [0.717, 1.165) is 6.54 Å². The summed E-state index contributed by atoms with van der Waals surface area (Å²) in [6.45, 7) is 3.70. The predicted molar refractivity (Wildman–Crippen MR) is 58.5 cm³/mol. The molecule has 0 radical (unpaired) electrons. The van der Waals surface area contributed by atoms with Crippen molar-refractivity contribution in [2.24, 2.45) is 0 Å². The molecule has 1 unspecified atom stereocenters. The molecule has 0 bridgehead atoms. The smallest absolute Gasteiger partial charge is 0.0388 e. The Morgan fingerprint density at radius 1 is 1.21 bits per heavy atom. The zero-order valence-corrected chi connectivity index (χ0v) is 8.37. The largest absolute Gasteiger partial charge is 0.385 e. The fourth-order valence-electron chi connectivity index (χ4n) is 2.48. The number of benzene rings is 1. The highest BCUT2D eigenvalue weighted by atomic mass is 15.2. The summed E-state index contributed by atoms with van der Waals surface area (Å²) in [6, 6.07) is 9.41. The molecule has 3 rings (SSSR count). The van der Waals surface area contributed by atoms with Gasteiger partial charge in [-0.05, 0) is 37.6 Å². The van der Waals surface area contributed by atoms with E-state index in [1.807, 2.05) is 0 Å². The van der Waals surface area contributed by atoms with Crippen LogP contribution in [0.15, 0.2) is 24.3 Å². The fraction of sp³-hybridized carbons (Fsp3) is 0.500. The van der Waals surface area contributed by atoms with E-state index in [4.69, 9.17) is 0 Å². The van der Waals surface area contributed by atoms with Gasteiger partial charge in [-0.3, -0.25) is 4.90 Å². The van der Waals surface area contributed by atoms with Gasteiger partial charge in [-0.25, -0.2) is 0 Å². The van der Waals surface area contributed by atoms with Crippen molar-refractivity contribution < 1.29 is 0 Å². The second-order valence-corrected chi connectivity index (χ2v) is 4.21. The number of fused-ring (bicyclic) bond motifs is 1. The van der Waals surface area contributed by atoms with Gasteiger partial charge in [0.25, 0.3) is 0 Å². The van der Waals surface area contributed by atoms with Crippen LogP contribution in [0.5, 0.6) is 0 Å². The number of hydrogen-bond donors (Lipinski definition) is 1. The van der Waals surface area contributed by atoms with Gasteiger partial charge in [0.05, 0.1) is 0 Å². The molecule has 74 valence electrons. The third kappa shape index (κ3) is 1.22. The van der Waals surface area contributed by atoms with Crippen LogP contribution < -0.4 is 5.32 Å². The first-order valence-corrected chi connectivity index (χ1v) is 5.52. The summed E-state index contributed by atoms with van der Waals surface area (Å²) >= 11 is 0. The maximum absolute atomic E-state index is 3.47. The molecular weight excluding hydrogens is 172 g/mol. The Morgan fingerprint density at radius 2 is 2.07 bits per heavy atom. The number of para-hydroxylation sites is 1. The average Bonchev–Trinajstić information content (AvgIpc) is 2.16. The van der Waals surface area contributed by atoms with Crippen LogP contribution in [-0.2, 0) is 0 Å². The normalized spacial score (nSPS) is 26.1. The van der Waals surface area contributed by atoms with Crippen molar-refractivity contribution in [2.75, 3.05) is 25.0 Å². The molecule has 1 aromatic carbocycles. The van der Waals surface area contributed by atoms with Crippen LogP contribution in [0.4, 0.5) is 5.69 Å². The Kier molecular flexibility index (Phi) is 1.95. The third-order valence-electron chi connectivity index (χ3n) is 3.38. The van der Waals surface area contributed by atoms with Crippen LogP contribution in [0.25, 0.3) is 0 Å². The highest BCUT2D eigenvalue weighted by molar-refractivity contribution is 5.54. The maximum atomic E-state index is 3.47. The van der Waals surface area contributed by atoms with E-state index in [-0.39, 0.29) is 0 Å². The first-order valence-electron chi connectivity index (χ1n) is 5.52. The van der Waals surface area contributed by atoms with Gasteiger partial charge < -0.3 is 5.32 Å². The Morgan fingerprint density at radius 3 is 2.86 bits per heavy atom. The molecule has 0 amide bonds. The number of rotatable bonds is 1. The summed E-state index contributed by atoms with van der Waals surface area (Å²) in [7, 11) is 0. The molecule has 2 heterocycles. The molecule has 1 N–H and O–H groups in total. The van der Waals surface area contributed by atoms with E-state index in [9.17, 15) is 0 Å². The lowest BCUT2D eigenvalue weighted by Gasteiger charge is -2.41. The van der Waals surface area contributed by atoms with Gasteiger partial charge in [0.15, 0.2) is 0 Å². The van der Waals surface area contributed by atoms with Crippen molar-refractivity contribution in [3.63, 3.8) is 0 Å². The lowest BCUT2D eigenvalue weighted by Crippen LogP contribution is -2.42. The highest BCUT2D eigenvalue weighted by Gasteiger charge is 2.28. The Balaban J connectivity index is 1.93. The zero-order chi connectivity index (χ0) is 9.38. The minimum atomic E-state index is 0.682. The number of nitrogens with zero attached hydrogens (tertiary/aromatic N) is 1. The molecule has 1 fully saturated rings. The lowest BCUT2D eigenvalue weighted by molar-refractivity contribution is 0.112. The second-order valence-electron chi connectivity index (χ2n) is 4.21. The number of nitrogens with one attached hydrogen (secondary N) is 1. The first-order chi connectivity index (χ1) is 6.95. The van der Waals surface area contributed by atoms with Crippen molar-refractivity contribution >= 4 is 5.69 Å². The maximum Gasteiger partial charge on any atom is 0.0388 e. The molecule has 2 nitrogen and oxygen atoms in total. The quantitative estimate of drug-likeness (QED) is 0.727. The molecule has 0 aromatic heterocycles. The van der Waals surface area contributed by atoms with Gasteiger partial charge in [0.1, 0.15) is 0 Å². The molecule has 1 saturated heterocycles. The van der Waals surface area contributed by atoms with Crippen LogP contribution in [0.3, 0.4) is 0 Å². The van der Waals surface area contributed by atoms with Gasteiger partial charge in [0.2, 0.25) is 0 Å². The van der Waals surface area contributed by atoms with Gasteiger partial charge in [0, 0.05) is 18.3 Å². The second kappa shape index (κ2) is 3.28. The summed E-state index contributed by atoms with van der Waals surface area (Å²) in [6.07, 6.45) is 2.64. The van der Waals surface area contributed by atoms with Gasteiger partial charge in [-0.15, -0.1) is 0 Å². The van der Waals surface area contributed by atoms with Crippen molar-refractivity contribution in [1.82, 2.24) is 4.90 Å². The molecular formula is C12H16N2. The number of anilines is 1. The van der Waals surface area contributed by atoms with Gasteiger partial charge >= 0.3 is 0 Å². The van der Waals surface area contributed by atoms with E-state index >= 15 is 0 Å². The van der Waals surface area contributed by atoms with Crippen LogP contribution in [0, 0.1) is 0 Å². The van der Waals surface area contributed by atoms with Crippen LogP contribution in [0.1, 0.15) is 24.4 Å². The average molecular weight is 188 g/mol. The zero-order valence-electron chi connectivity index (χ0n) is 8.37. The van der Waals surface area contributed by atoms with Crippen LogP contribution in [0.2, 0.25) is 0 Å². The Hall–Kier alpha value is -1.02. The molecule has 0 saturated carbocycles. The molecule has 2 aliphatic heterocycles. The molecule has 2 aliphatic rings. The summed E-state index contributed by atoms with van der Waals surface area (Å²) in [4.78, 5) is 2.60. The van der Waals surface area contributed by atoms with Crippen molar-refractivity contribution in [1.29, 1.82) is 0 Å². The summed E-state index contributed by atoms with van der Waals surface area (Å²) < 4.78 is 0. The Bertz CT molecular complexity index is 331. The van der Waals surface area contributed by atoms with E-state index in [1.165, 1.54) is 37.2 Å². The number of hydrogen-bond acceptors (Lipinski definition) is 2. The molecule has 1 atom stereocenters. The van der Waals surface area contributed by atoms with Crippen LogP contribution >= 0.6 is 0 Å². The SMILES string of the molecule is c1ccc2c(c1)NCCC2N1CCC1. The van der Waals surface area contributed by atoms with Gasteiger partial charge in [-0.1, -0.05) is 18.2 Å².